The molecule has 25 heavy (non-hydrogen) atoms. The van der Waals surface area contributed by atoms with Crippen molar-refractivity contribution >= 4 is 29.9 Å². The molecule has 0 saturated heterocycles. The predicted octanol–water partition coefficient (Wildman–Crippen LogP) is 1.33. The highest BCUT2D eigenvalue weighted by atomic mass is 127. The Balaban J connectivity index is 0.00000576. The molecule has 0 aliphatic rings. The largest absolute Gasteiger partial charge is 0.383 e. The highest BCUT2D eigenvalue weighted by molar-refractivity contribution is 14.0. The maximum Gasteiger partial charge on any atom is 0.191 e. The smallest absolute Gasteiger partial charge is 0.191 e. The molecule has 1 rings (SSSR count). The minimum Gasteiger partial charge on any atom is -0.383 e. The summed E-state index contributed by atoms with van der Waals surface area (Å²) in [4.78, 5) is 6.54. The van der Waals surface area contributed by atoms with Crippen molar-refractivity contribution in [3.05, 3.63) is 17.0 Å². The van der Waals surface area contributed by atoms with Crippen molar-refractivity contribution in [3.63, 3.8) is 0 Å². The van der Waals surface area contributed by atoms with E-state index in [-0.39, 0.29) is 30.0 Å². The Bertz CT molecular complexity index is 531. The maximum atomic E-state index is 5.09. The number of likely N-dealkylation sites (N-methyl/N-ethyl adjacent to an activating group) is 1. The van der Waals surface area contributed by atoms with E-state index in [0.717, 1.165) is 44.3 Å². The lowest BCUT2D eigenvalue weighted by Crippen LogP contribution is -2.45. The highest BCUT2D eigenvalue weighted by Gasteiger charge is 2.13. The first-order valence-corrected chi connectivity index (χ1v) is 8.52. The summed E-state index contributed by atoms with van der Waals surface area (Å²) >= 11 is 0. The Morgan fingerprint density at radius 3 is 2.56 bits per heavy atom. The molecular formula is C17H35IN6O. The van der Waals surface area contributed by atoms with Crippen molar-refractivity contribution in [2.75, 3.05) is 47.4 Å². The number of rotatable bonds is 9. The molecule has 0 spiro atoms. The Morgan fingerprint density at radius 1 is 1.36 bits per heavy atom. The number of guanidine groups is 1. The summed E-state index contributed by atoms with van der Waals surface area (Å²) in [5.41, 5.74) is 3.64. The maximum absolute atomic E-state index is 5.09. The zero-order valence-corrected chi connectivity index (χ0v) is 19.0. The van der Waals surface area contributed by atoms with Crippen LogP contribution in [-0.4, -0.2) is 74.1 Å². The SMILES string of the molecule is CN=C(NCCN(C)CCOC)NC(C)Cc1c(C)nn(C)c1C.I. The van der Waals surface area contributed by atoms with Gasteiger partial charge in [0.05, 0.1) is 12.3 Å². The summed E-state index contributed by atoms with van der Waals surface area (Å²) in [6.45, 7) is 9.83. The fourth-order valence-electron chi connectivity index (χ4n) is 2.62. The van der Waals surface area contributed by atoms with Crippen LogP contribution >= 0.6 is 24.0 Å². The van der Waals surface area contributed by atoms with Gasteiger partial charge in [-0.15, -0.1) is 24.0 Å². The lowest BCUT2D eigenvalue weighted by atomic mass is 10.1. The van der Waals surface area contributed by atoms with Gasteiger partial charge in [0.25, 0.3) is 0 Å². The van der Waals surface area contributed by atoms with Crippen LogP contribution in [0.3, 0.4) is 0 Å². The van der Waals surface area contributed by atoms with Gasteiger partial charge in [-0.1, -0.05) is 0 Å². The summed E-state index contributed by atoms with van der Waals surface area (Å²) < 4.78 is 7.03. The van der Waals surface area contributed by atoms with Crippen LogP contribution in [-0.2, 0) is 18.2 Å². The fraction of sp³-hybridized carbons (Fsp3) is 0.765. The molecule has 146 valence electrons. The number of aliphatic imine (C=N–C) groups is 1. The average Bonchev–Trinajstić information content (AvgIpc) is 2.78. The van der Waals surface area contributed by atoms with Gasteiger partial charge in [-0.3, -0.25) is 9.67 Å². The average molecular weight is 466 g/mol. The van der Waals surface area contributed by atoms with Crippen molar-refractivity contribution < 1.29 is 4.74 Å². The zero-order valence-electron chi connectivity index (χ0n) is 16.7. The van der Waals surface area contributed by atoms with E-state index in [1.54, 1.807) is 14.2 Å². The van der Waals surface area contributed by atoms with Crippen LogP contribution in [0, 0.1) is 13.8 Å². The van der Waals surface area contributed by atoms with Crippen molar-refractivity contribution in [1.29, 1.82) is 0 Å². The number of hydrogen-bond acceptors (Lipinski definition) is 4. The van der Waals surface area contributed by atoms with Crippen LogP contribution in [0.15, 0.2) is 4.99 Å². The van der Waals surface area contributed by atoms with Crippen LogP contribution in [0.4, 0.5) is 0 Å². The van der Waals surface area contributed by atoms with Crippen molar-refractivity contribution in [2.24, 2.45) is 12.0 Å². The van der Waals surface area contributed by atoms with Gasteiger partial charge in [0, 0.05) is 52.6 Å². The van der Waals surface area contributed by atoms with E-state index in [0.29, 0.717) is 0 Å². The second kappa shape index (κ2) is 12.5. The number of methoxy groups -OCH3 is 1. The van der Waals surface area contributed by atoms with Gasteiger partial charge in [-0.25, -0.2) is 0 Å². The molecule has 7 nitrogen and oxygen atoms in total. The third-order valence-electron chi connectivity index (χ3n) is 4.24. The van der Waals surface area contributed by atoms with Gasteiger partial charge in [-0.05, 0) is 39.8 Å². The van der Waals surface area contributed by atoms with E-state index in [2.05, 4.69) is 53.4 Å². The molecular weight excluding hydrogens is 431 g/mol. The first kappa shape index (κ1) is 24.1. The number of aromatic nitrogens is 2. The molecule has 0 aliphatic carbocycles. The van der Waals surface area contributed by atoms with Crippen molar-refractivity contribution in [3.8, 4) is 0 Å². The van der Waals surface area contributed by atoms with Gasteiger partial charge >= 0.3 is 0 Å². The zero-order chi connectivity index (χ0) is 18.1. The number of nitrogens with zero attached hydrogens (tertiary/aromatic N) is 4. The normalized spacial score (nSPS) is 12.9. The molecule has 0 fully saturated rings. The molecule has 0 radical (unpaired) electrons. The van der Waals surface area contributed by atoms with Gasteiger partial charge in [0.1, 0.15) is 0 Å². The third kappa shape index (κ3) is 8.37. The van der Waals surface area contributed by atoms with Crippen molar-refractivity contribution in [2.45, 2.75) is 33.2 Å². The van der Waals surface area contributed by atoms with Crippen LogP contribution in [0.1, 0.15) is 23.9 Å². The Kier molecular flexibility index (Phi) is 12.0. The van der Waals surface area contributed by atoms with Crippen LogP contribution in [0.25, 0.3) is 0 Å². The van der Waals surface area contributed by atoms with Gasteiger partial charge in [0.2, 0.25) is 0 Å². The third-order valence-corrected chi connectivity index (χ3v) is 4.24. The second-order valence-corrected chi connectivity index (χ2v) is 6.32. The molecule has 0 bridgehead atoms. The number of halogens is 1. The van der Waals surface area contributed by atoms with E-state index in [9.17, 15) is 0 Å². The van der Waals surface area contributed by atoms with Gasteiger partial charge in [0.15, 0.2) is 5.96 Å². The standard InChI is InChI=1S/C17H34N6O.HI/c1-13(12-16-14(2)21-23(6)15(16)3)20-17(18-4)19-8-9-22(5)10-11-24-7;/h13H,8-12H2,1-7H3,(H2,18,19,20);1H. The monoisotopic (exact) mass is 466 g/mol. The Morgan fingerprint density at radius 2 is 2.04 bits per heavy atom. The van der Waals surface area contributed by atoms with E-state index in [1.807, 2.05) is 11.7 Å². The summed E-state index contributed by atoms with van der Waals surface area (Å²) in [7, 11) is 7.61. The van der Waals surface area contributed by atoms with E-state index in [4.69, 9.17) is 4.74 Å². The summed E-state index contributed by atoms with van der Waals surface area (Å²) in [6, 6.07) is 0.282. The summed E-state index contributed by atoms with van der Waals surface area (Å²) in [6.07, 6.45) is 0.931. The molecule has 0 aliphatic heterocycles. The summed E-state index contributed by atoms with van der Waals surface area (Å²) in [5.74, 6) is 0.835. The van der Waals surface area contributed by atoms with E-state index < -0.39 is 0 Å². The molecule has 0 aromatic carbocycles. The van der Waals surface area contributed by atoms with Crippen LogP contribution in [0.2, 0.25) is 0 Å². The Hall–Kier alpha value is -0.870. The molecule has 0 amide bonds. The van der Waals surface area contributed by atoms with Crippen LogP contribution in [0.5, 0.6) is 0 Å². The lowest BCUT2D eigenvalue weighted by molar-refractivity contribution is 0.162. The minimum absolute atomic E-state index is 0. The predicted molar refractivity (Wildman–Crippen MR) is 115 cm³/mol. The minimum atomic E-state index is 0. The number of aryl methyl sites for hydroxylation is 2. The molecule has 1 aromatic heterocycles. The van der Waals surface area contributed by atoms with Gasteiger partial charge in [-0.2, -0.15) is 5.10 Å². The number of nitrogens with one attached hydrogen (secondary N) is 2. The quantitative estimate of drug-likeness (QED) is 0.327. The molecule has 0 saturated carbocycles. The summed E-state index contributed by atoms with van der Waals surface area (Å²) in [5, 5.41) is 11.3. The number of ether oxygens (including phenoxy) is 1. The second-order valence-electron chi connectivity index (χ2n) is 6.32. The molecule has 1 unspecified atom stereocenters. The first-order valence-electron chi connectivity index (χ1n) is 8.52. The molecule has 2 N–H and O–H groups in total. The fourth-order valence-corrected chi connectivity index (χ4v) is 2.62. The molecule has 8 heteroatoms. The van der Waals surface area contributed by atoms with Crippen LogP contribution < -0.4 is 10.6 Å². The van der Waals surface area contributed by atoms with Gasteiger partial charge < -0.3 is 20.3 Å². The highest BCUT2D eigenvalue weighted by Crippen LogP contribution is 2.13. The van der Waals surface area contributed by atoms with E-state index >= 15 is 0 Å². The first-order chi connectivity index (χ1) is 11.4. The Labute approximate surface area is 169 Å². The molecule has 1 aromatic rings. The topological polar surface area (TPSA) is 66.7 Å². The van der Waals surface area contributed by atoms with E-state index in [1.165, 1.54) is 11.3 Å². The van der Waals surface area contributed by atoms with Crippen molar-refractivity contribution in [1.82, 2.24) is 25.3 Å². The molecule has 1 heterocycles. The molecule has 1 atom stereocenters. The number of hydrogen-bond donors (Lipinski definition) is 2. The lowest BCUT2D eigenvalue weighted by Gasteiger charge is -2.20.